The average molecular weight is 424 g/mol. The van der Waals surface area contributed by atoms with Crippen molar-refractivity contribution in [1.82, 2.24) is 10.4 Å². The van der Waals surface area contributed by atoms with E-state index in [0.29, 0.717) is 31.6 Å². The summed E-state index contributed by atoms with van der Waals surface area (Å²) in [7, 11) is 0. The van der Waals surface area contributed by atoms with Crippen molar-refractivity contribution in [2.75, 3.05) is 0 Å². The molecule has 1 aliphatic rings. The van der Waals surface area contributed by atoms with Gasteiger partial charge in [-0.1, -0.05) is 26.0 Å². The van der Waals surface area contributed by atoms with E-state index in [-0.39, 0.29) is 17.7 Å². The summed E-state index contributed by atoms with van der Waals surface area (Å²) < 4.78 is 5.35. The quantitative estimate of drug-likeness (QED) is 0.514. The molecule has 30 heavy (non-hydrogen) atoms. The van der Waals surface area contributed by atoms with Gasteiger partial charge in [0.2, 0.25) is 0 Å². The van der Waals surface area contributed by atoms with Crippen molar-refractivity contribution >= 4 is 11.9 Å². The van der Waals surface area contributed by atoms with Gasteiger partial charge in [0.1, 0.15) is 11.4 Å². The highest BCUT2D eigenvalue weighted by atomic mass is 16.6. The molecule has 0 radical (unpaired) electrons. The summed E-state index contributed by atoms with van der Waals surface area (Å²) in [4.78, 5) is 24.9. The SMILES string of the molecule is CC(C)C[C@@H](/C=C/CCC(=O)C1CC(C)(C)N([O-])C(C)(C)C1)NC(=O)OC(C)(C)C. The number of amides is 1. The Morgan fingerprint density at radius 1 is 1.17 bits per heavy atom. The molecule has 0 aromatic heterocycles. The van der Waals surface area contributed by atoms with Gasteiger partial charge in [-0.3, -0.25) is 4.79 Å². The molecule has 1 saturated heterocycles. The third kappa shape index (κ3) is 8.76. The summed E-state index contributed by atoms with van der Waals surface area (Å²) in [6.07, 6.45) is 6.58. The molecule has 0 spiro atoms. The van der Waals surface area contributed by atoms with Crippen molar-refractivity contribution in [3.05, 3.63) is 17.4 Å². The molecule has 174 valence electrons. The van der Waals surface area contributed by atoms with Crippen LogP contribution in [0.3, 0.4) is 0 Å². The number of ketones is 1. The van der Waals surface area contributed by atoms with Crippen molar-refractivity contribution < 1.29 is 14.3 Å². The monoisotopic (exact) mass is 423 g/mol. The first kappa shape index (κ1) is 26.6. The van der Waals surface area contributed by atoms with Crippen LogP contribution in [0.2, 0.25) is 0 Å². The molecule has 1 atom stereocenters. The fourth-order valence-electron chi connectivity index (χ4n) is 4.33. The molecule has 0 bridgehead atoms. The zero-order valence-electron chi connectivity index (χ0n) is 20.5. The highest BCUT2D eigenvalue weighted by molar-refractivity contribution is 5.81. The summed E-state index contributed by atoms with van der Waals surface area (Å²) in [6.45, 7) is 17.4. The topological polar surface area (TPSA) is 81.7 Å². The molecule has 1 fully saturated rings. The normalized spacial score (nSPS) is 21.0. The van der Waals surface area contributed by atoms with Crippen molar-refractivity contribution in [3.63, 3.8) is 0 Å². The van der Waals surface area contributed by atoms with Gasteiger partial charge in [0.25, 0.3) is 0 Å². The van der Waals surface area contributed by atoms with Crippen molar-refractivity contribution in [2.24, 2.45) is 11.8 Å². The van der Waals surface area contributed by atoms with Crippen molar-refractivity contribution in [3.8, 4) is 0 Å². The third-order valence-corrected chi connectivity index (χ3v) is 5.40. The molecule has 1 rings (SSSR count). The van der Waals surface area contributed by atoms with Gasteiger partial charge in [0.05, 0.1) is 6.04 Å². The van der Waals surface area contributed by atoms with Gasteiger partial charge in [-0.15, -0.1) is 0 Å². The second kappa shape index (κ2) is 10.3. The maximum absolute atomic E-state index is 12.8. The molecular weight excluding hydrogens is 380 g/mol. The molecule has 0 saturated carbocycles. The van der Waals surface area contributed by atoms with Crippen LogP contribution in [0.5, 0.6) is 0 Å². The maximum atomic E-state index is 12.8. The van der Waals surface area contributed by atoms with E-state index in [1.807, 2.05) is 60.6 Å². The van der Waals surface area contributed by atoms with Crippen molar-refractivity contribution in [1.29, 1.82) is 0 Å². The Hall–Kier alpha value is -1.40. The lowest BCUT2D eigenvalue weighted by atomic mass is 9.73. The fraction of sp³-hybridized carbons (Fsp3) is 0.833. The Morgan fingerprint density at radius 2 is 1.70 bits per heavy atom. The lowest BCUT2D eigenvalue weighted by Gasteiger charge is -2.59. The number of carbonyl (C=O) groups is 2. The first-order valence-corrected chi connectivity index (χ1v) is 11.2. The number of rotatable bonds is 8. The number of hydroxylamine groups is 2. The van der Waals surface area contributed by atoms with Crippen LogP contribution in [0.25, 0.3) is 0 Å². The summed E-state index contributed by atoms with van der Waals surface area (Å²) in [5, 5.41) is 16.5. The number of nitrogens with one attached hydrogen (secondary N) is 1. The van der Waals surface area contributed by atoms with Crippen LogP contribution in [0.1, 0.15) is 94.4 Å². The van der Waals surface area contributed by atoms with E-state index in [2.05, 4.69) is 19.2 Å². The maximum Gasteiger partial charge on any atom is 0.408 e. The summed E-state index contributed by atoms with van der Waals surface area (Å²) in [5.74, 6) is 0.548. The summed E-state index contributed by atoms with van der Waals surface area (Å²) in [5.41, 5.74) is -1.60. The molecule has 1 heterocycles. The van der Waals surface area contributed by atoms with Gasteiger partial charge in [0.15, 0.2) is 0 Å². The number of nitrogens with zero attached hydrogens (tertiary/aromatic N) is 1. The van der Waals surface area contributed by atoms with Gasteiger partial charge in [0, 0.05) is 23.4 Å². The van der Waals surface area contributed by atoms with Crippen LogP contribution in [-0.2, 0) is 9.53 Å². The number of piperidine rings is 1. The lowest BCUT2D eigenvalue weighted by Crippen LogP contribution is -2.58. The van der Waals surface area contributed by atoms with E-state index in [1.165, 1.54) is 0 Å². The fourth-order valence-corrected chi connectivity index (χ4v) is 4.33. The van der Waals surface area contributed by atoms with Gasteiger partial charge in [-0.2, -0.15) is 0 Å². The zero-order valence-corrected chi connectivity index (χ0v) is 20.5. The Bertz CT molecular complexity index is 599. The van der Waals surface area contributed by atoms with Crippen LogP contribution in [0.15, 0.2) is 12.2 Å². The minimum atomic E-state index is -0.538. The van der Waals surface area contributed by atoms with E-state index in [0.717, 1.165) is 11.5 Å². The molecule has 1 aliphatic heterocycles. The van der Waals surface area contributed by atoms with Gasteiger partial charge in [-0.05, 0) is 80.1 Å². The minimum Gasteiger partial charge on any atom is -0.784 e. The average Bonchev–Trinajstić information content (AvgIpc) is 2.53. The molecule has 0 aromatic rings. The molecule has 1 amide bonds. The number of Topliss-reactive ketones (excluding diaryl/α,β-unsaturated/α-hetero) is 1. The Kier molecular flexibility index (Phi) is 9.12. The van der Waals surface area contributed by atoms with E-state index in [1.54, 1.807) is 0 Å². The standard InChI is InChI=1S/C24H43N2O4/c1-17(2)14-19(25-21(28)30-22(3,4)5)12-10-11-13-20(27)18-15-23(6,7)26(29)24(8,9)16-18/h10,12,17-19H,11,13-16H2,1-9H3,(H,25,28)/q-1/b12-10+/t19-/m1/s1. The number of carbonyl (C=O) groups excluding carboxylic acids is 2. The molecule has 0 unspecified atom stereocenters. The van der Waals surface area contributed by atoms with Crippen LogP contribution in [0.4, 0.5) is 4.79 Å². The molecule has 1 N–H and O–H groups in total. The summed E-state index contributed by atoms with van der Waals surface area (Å²) in [6, 6.07) is -0.128. The first-order valence-electron chi connectivity index (χ1n) is 11.2. The Labute approximate surface area is 183 Å². The highest BCUT2D eigenvalue weighted by Crippen LogP contribution is 2.41. The van der Waals surface area contributed by atoms with Crippen LogP contribution >= 0.6 is 0 Å². The predicted octanol–water partition coefficient (Wildman–Crippen LogP) is 5.60. The number of hydrogen-bond acceptors (Lipinski definition) is 5. The minimum absolute atomic E-state index is 0.0834. The zero-order chi connectivity index (χ0) is 23.3. The summed E-state index contributed by atoms with van der Waals surface area (Å²) >= 11 is 0. The van der Waals surface area contributed by atoms with Crippen LogP contribution < -0.4 is 5.32 Å². The van der Waals surface area contributed by atoms with Crippen molar-refractivity contribution in [2.45, 2.75) is 117 Å². The predicted molar refractivity (Wildman–Crippen MR) is 122 cm³/mol. The van der Waals surface area contributed by atoms with E-state index in [4.69, 9.17) is 4.74 Å². The largest absolute Gasteiger partial charge is 0.784 e. The molecular formula is C24H43N2O4-. The molecule has 0 aromatic carbocycles. The first-order chi connectivity index (χ1) is 13.5. The van der Waals surface area contributed by atoms with Gasteiger partial charge >= 0.3 is 6.09 Å². The number of hydrogen-bond donors (Lipinski definition) is 1. The molecule has 6 nitrogen and oxygen atoms in total. The van der Waals surface area contributed by atoms with E-state index in [9.17, 15) is 14.8 Å². The number of alkyl carbamates (subject to hydrolysis) is 1. The smallest absolute Gasteiger partial charge is 0.408 e. The van der Waals surface area contributed by atoms with Gasteiger partial charge < -0.3 is 20.3 Å². The molecule has 6 heteroatoms. The Balaban J connectivity index is 2.63. The molecule has 0 aliphatic carbocycles. The lowest BCUT2D eigenvalue weighted by molar-refractivity contribution is -0.129. The number of ether oxygens (including phenoxy) is 1. The highest BCUT2D eigenvalue weighted by Gasteiger charge is 2.42. The van der Waals surface area contributed by atoms with Gasteiger partial charge in [-0.25, -0.2) is 4.79 Å². The Morgan fingerprint density at radius 3 is 2.17 bits per heavy atom. The van der Waals surface area contributed by atoms with Crippen LogP contribution in [-0.4, -0.2) is 39.7 Å². The second-order valence-electron chi connectivity index (χ2n) is 11.3. The third-order valence-electron chi connectivity index (χ3n) is 5.40. The van der Waals surface area contributed by atoms with E-state index >= 15 is 0 Å². The second-order valence-corrected chi connectivity index (χ2v) is 11.3. The van der Waals surface area contributed by atoms with E-state index < -0.39 is 22.8 Å². The van der Waals surface area contributed by atoms with Crippen LogP contribution in [0, 0.1) is 17.0 Å². The number of allylic oxidation sites excluding steroid dienone is 1.